The van der Waals surface area contributed by atoms with Crippen LogP contribution >= 0.6 is 0 Å². The summed E-state index contributed by atoms with van der Waals surface area (Å²) >= 11 is 0. The van der Waals surface area contributed by atoms with Gasteiger partial charge in [-0.15, -0.1) is 0 Å². The molecular formula is C41H44N6O5. The number of piperazine rings is 1. The second-order valence-corrected chi connectivity index (χ2v) is 13.1. The van der Waals surface area contributed by atoms with Crippen LogP contribution in [0.25, 0.3) is 0 Å². The number of urea groups is 1. The number of anilines is 2. The first-order chi connectivity index (χ1) is 25.5. The summed E-state index contributed by atoms with van der Waals surface area (Å²) in [7, 11) is 0. The Labute approximate surface area is 304 Å². The number of aliphatic hydroxyl groups is 1. The number of hydrogen-bond donors (Lipinski definition) is 3. The molecular weight excluding hydrogens is 656 g/mol. The smallest absolute Gasteiger partial charge is 0.319 e. The van der Waals surface area contributed by atoms with Gasteiger partial charge in [0, 0.05) is 68.8 Å². The van der Waals surface area contributed by atoms with Crippen molar-refractivity contribution in [3.63, 3.8) is 0 Å². The van der Waals surface area contributed by atoms with Crippen LogP contribution in [0.4, 0.5) is 16.4 Å². The Hall–Kier alpha value is -5.33. The summed E-state index contributed by atoms with van der Waals surface area (Å²) in [6.07, 6.45) is 2.72. The highest BCUT2D eigenvalue weighted by molar-refractivity contribution is 5.89. The van der Waals surface area contributed by atoms with Crippen molar-refractivity contribution in [2.45, 2.75) is 38.6 Å². The van der Waals surface area contributed by atoms with Crippen molar-refractivity contribution in [2.24, 2.45) is 5.92 Å². The normalized spacial score (nSPS) is 20.6. The Morgan fingerprint density at radius 2 is 1.44 bits per heavy atom. The van der Waals surface area contributed by atoms with Crippen LogP contribution in [0.1, 0.15) is 41.6 Å². The summed E-state index contributed by atoms with van der Waals surface area (Å²) in [6, 6.07) is 34.3. The van der Waals surface area contributed by atoms with Gasteiger partial charge >= 0.3 is 6.03 Å². The van der Waals surface area contributed by atoms with Gasteiger partial charge in [0.2, 0.25) is 5.95 Å². The molecule has 0 saturated carbocycles. The first-order valence-corrected chi connectivity index (χ1v) is 17.7. The third-order valence-electron chi connectivity index (χ3n) is 9.56. The number of aliphatic hydroxyl groups excluding tert-OH is 1. The zero-order valence-electron chi connectivity index (χ0n) is 29.2. The number of carbonyl (C=O) groups excluding carboxylic acids is 1. The highest BCUT2D eigenvalue weighted by Crippen LogP contribution is 2.42. The standard InChI is InChI=1S/C41H44N6O5/c1-29-37(27-46-22-24-47(25-23-46)40-42-20-5-21-43-40)51-39(52-38(29)32-12-10-31(28-48)11-13-32)33-14-8-30(9-15-33)26-44-41(49)45-34-16-18-36(19-17-34)50-35-6-3-2-4-7-35/h2-21,29,37-39,48H,22-28H2,1H3,(H2,44,45,49)/t29-,37+,38+,39+/m1/s1. The number of nitrogens with one attached hydrogen (secondary N) is 2. The first kappa shape index (κ1) is 35.1. The molecule has 268 valence electrons. The van der Waals surface area contributed by atoms with E-state index in [1.807, 2.05) is 97.1 Å². The van der Waals surface area contributed by atoms with Gasteiger partial charge in [-0.25, -0.2) is 14.8 Å². The van der Waals surface area contributed by atoms with E-state index in [2.05, 4.69) is 37.3 Å². The highest BCUT2D eigenvalue weighted by atomic mass is 16.7. The summed E-state index contributed by atoms with van der Waals surface area (Å²) in [4.78, 5) is 26.2. The van der Waals surface area contributed by atoms with Gasteiger partial charge < -0.3 is 34.9 Å². The van der Waals surface area contributed by atoms with E-state index >= 15 is 0 Å². The summed E-state index contributed by atoms with van der Waals surface area (Å²) in [5.41, 5.74) is 4.44. The SMILES string of the molecule is C[C@@H]1[C@H](CN2CCN(c3ncccn3)CC2)O[C@H](c2ccc(CNC(=O)Nc3ccc(Oc4ccccc4)cc3)cc2)O[C@@H]1c1ccc(CO)cc1. The molecule has 5 aromatic rings. The topological polar surface area (TPSA) is 121 Å². The van der Waals surface area contributed by atoms with Gasteiger partial charge in [0.25, 0.3) is 0 Å². The third-order valence-corrected chi connectivity index (χ3v) is 9.56. The van der Waals surface area contributed by atoms with Crippen LogP contribution < -0.4 is 20.3 Å². The van der Waals surface area contributed by atoms with Crippen LogP contribution in [0.2, 0.25) is 0 Å². The Morgan fingerprint density at radius 3 is 2.13 bits per heavy atom. The number of aromatic nitrogens is 2. The fourth-order valence-electron chi connectivity index (χ4n) is 6.55. The van der Waals surface area contributed by atoms with Crippen LogP contribution in [0, 0.1) is 5.92 Å². The van der Waals surface area contributed by atoms with Crippen LogP contribution in [-0.4, -0.2) is 64.8 Å². The highest BCUT2D eigenvalue weighted by Gasteiger charge is 2.39. The van der Waals surface area contributed by atoms with Crippen LogP contribution in [0.5, 0.6) is 11.5 Å². The van der Waals surface area contributed by atoms with Crippen molar-refractivity contribution in [2.75, 3.05) is 42.9 Å². The van der Waals surface area contributed by atoms with Gasteiger partial charge in [0.1, 0.15) is 11.5 Å². The Bertz CT molecular complexity index is 1860. The Kier molecular flexibility index (Phi) is 11.3. The molecule has 11 heteroatoms. The quantitative estimate of drug-likeness (QED) is 0.138. The number of carbonyl (C=O) groups is 1. The lowest BCUT2D eigenvalue weighted by Crippen LogP contribution is -2.51. The number of hydrogen-bond acceptors (Lipinski definition) is 9. The lowest BCUT2D eigenvalue weighted by Gasteiger charge is -2.44. The van der Waals surface area contributed by atoms with Crippen molar-refractivity contribution >= 4 is 17.7 Å². The molecule has 3 heterocycles. The van der Waals surface area contributed by atoms with E-state index in [1.54, 1.807) is 24.5 Å². The Balaban J connectivity index is 0.963. The molecule has 2 aliphatic heterocycles. The van der Waals surface area contributed by atoms with Gasteiger partial charge in [-0.05, 0) is 59.2 Å². The Morgan fingerprint density at radius 1 is 0.788 bits per heavy atom. The molecule has 0 bridgehead atoms. The molecule has 11 nitrogen and oxygen atoms in total. The summed E-state index contributed by atoms with van der Waals surface area (Å²) in [5, 5.41) is 15.4. The number of para-hydroxylation sites is 1. The molecule has 0 unspecified atom stereocenters. The number of benzene rings is 4. The number of amides is 2. The van der Waals surface area contributed by atoms with Gasteiger partial charge in [0.05, 0.1) is 18.8 Å². The molecule has 4 aromatic carbocycles. The number of ether oxygens (including phenoxy) is 3. The van der Waals surface area contributed by atoms with Crippen molar-refractivity contribution < 1.29 is 24.1 Å². The molecule has 52 heavy (non-hydrogen) atoms. The molecule has 1 aromatic heterocycles. The van der Waals surface area contributed by atoms with E-state index in [1.165, 1.54) is 0 Å². The molecule has 2 fully saturated rings. The number of nitrogens with zero attached hydrogens (tertiary/aromatic N) is 4. The largest absolute Gasteiger partial charge is 0.457 e. The van der Waals surface area contributed by atoms with Gasteiger partial charge in [-0.3, -0.25) is 4.90 Å². The van der Waals surface area contributed by atoms with Gasteiger partial charge in [-0.2, -0.15) is 0 Å². The summed E-state index contributed by atoms with van der Waals surface area (Å²) in [5.74, 6) is 2.29. The first-order valence-electron chi connectivity index (χ1n) is 17.7. The van der Waals surface area contributed by atoms with Crippen molar-refractivity contribution in [1.29, 1.82) is 0 Å². The maximum atomic E-state index is 12.7. The minimum absolute atomic E-state index is 0.00367. The molecule has 0 radical (unpaired) electrons. The van der Waals surface area contributed by atoms with Gasteiger partial charge in [-0.1, -0.05) is 73.7 Å². The van der Waals surface area contributed by atoms with E-state index in [0.717, 1.165) is 66.7 Å². The van der Waals surface area contributed by atoms with E-state index in [9.17, 15) is 9.90 Å². The number of rotatable bonds is 11. The van der Waals surface area contributed by atoms with Crippen molar-refractivity contribution in [3.8, 4) is 11.5 Å². The van der Waals surface area contributed by atoms with Crippen LogP contribution in [0.15, 0.2) is 122 Å². The molecule has 2 amide bonds. The van der Waals surface area contributed by atoms with E-state index in [-0.39, 0.29) is 30.8 Å². The van der Waals surface area contributed by atoms with E-state index in [0.29, 0.717) is 18.0 Å². The zero-order chi connectivity index (χ0) is 35.7. The average molecular weight is 701 g/mol. The van der Waals surface area contributed by atoms with Gasteiger partial charge in [0.15, 0.2) is 6.29 Å². The van der Waals surface area contributed by atoms with E-state index < -0.39 is 6.29 Å². The molecule has 2 aliphatic rings. The van der Waals surface area contributed by atoms with E-state index in [4.69, 9.17) is 14.2 Å². The monoisotopic (exact) mass is 700 g/mol. The second-order valence-electron chi connectivity index (χ2n) is 13.1. The molecule has 2 saturated heterocycles. The minimum Gasteiger partial charge on any atom is -0.457 e. The zero-order valence-corrected chi connectivity index (χ0v) is 29.2. The fourth-order valence-corrected chi connectivity index (χ4v) is 6.55. The third kappa shape index (κ3) is 8.93. The predicted octanol–water partition coefficient (Wildman–Crippen LogP) is 6.70. The van der Waals surface area contributed by atoms with Crippen LogP contribution in [-0.2, 0) is 22.6 Å². The maximum Gasteiger partial charge on any atom is 0.319 e. The predicted molar refractivity (Wildman–Crippen MR) is 199 cm³/mol. The van der Waals surface area contributed by atoms with Crippen LogP contribution in [0.3, 0.4) is 0 Å². The summed E-state index contributed by atoms with van der Waals surface area (Å²) < 4.78 is 19.2. The maximum absolute atomic E-state index is 12.7. The lowest BCUT2D eigenvalue weighted by molar-refractivity contribution is -0.276. The lowest BCUT2D eigenvalue weighted by atomic mass is 9.90. The average Bonchev–Trinajstić information content (AvgIpc) is 3.20. The second kappa shape index (κ2) is 16.8. The van der Waals surface area contributed by atoms with Crippen molar-refractivity contribution in [3.05, 3.63) is 144 Å². The molecule has 7 rings (SSSR count). The molecule has 3 N–H and O–H groups in total. The minimum atomic E-state index is -0.568. The van der Waals surface area contributed by atoms with Crippen molar-refractivity contribution in [1.82, 2.24) is 20.2 Å². The molecule has 0 aliphatic carbocycles. The molecule has 4 atom stereocenters. The summed E-state index contributed by atoms with van der Waals surface area (Å²) in [6.45, 7) is 6.78. The fraction of sp³-hybridized carbons (Fsp3) is 0.293. The molecule has 0 spiro atoms.